The van der Waals surface area contributed by atoms with Crippen LogP contribution < -0.4 is 15.9 Å². The molecule has 3 rings (SSSR count). The predicted molar refractivity (Wildman–Crippen MR) is 119 cm³/mol. The first-order valence-electron chi connectivity index (χ1n) is 10.5. The molecular weight excluding hydrogens is 328 g/mol. The number of nitrogens with one attached hydrogen (secondary N) is 1. The van der Waals surface area contributed by atoms with Crippen LogP contribution >= 0.6 is 0 Å². The monoisotopic (exact) mass is 364 g/mol. The number of fused-ring (bicyclic) bond motifs is 1. The maximum Gasteiger partial charge on any atom is 0.0488 e. The van der Waals surface area contributed by atoms with Gasteiger partial charge in [0.1, 0.15) is 0 Å². The van der Waals surface area contributed by atoms with E-state index in [1.807, 2.05) is 6.08 Å². The van der Waals surface area contributed by atoms with Crippen LogP contribution in [0.5, 0.6) is 0 Å². The summed E-state index contributed by atoms with van der Waals surface area (Å²) in [6, 6.07) is 9.39. The maximum absolute atomic E-state index is 3.95. The molecule has 1 heterocycles. The van der Waals surface area contributed by atoms with E-state index in [1.54, 1.807) is 0 Å². The van der Waals surface area contributed by atoms with Crippen molar-refractivity contribution < 1.29 is 0 Å². The maximum atomic E-state index is 3.95. The zero-order chi connectivity index (χ0) is 19.6. The summed E-state index contributed by atoms with van der Waals surface area (Å²) < 4.78 is 2.34. The molecule has 0 spiro atoms. The first-order chi connectivity index (χ1) is 12.9. The summed E-state index contributed by atoms with van der Waals surface area (Å²) in [7, 11) is 4.29. The van der Waals surface area contributed by atoms with Crippen LogP contribution in [-0.2, 0) is 7.05 Å². The van der Waals surface area contributed by atoms with Crippen molar-refractivity contribution in [2.75, 3.05) is 7.05 Å². The lowest BCUT2D eigenvalue weighted by Gasteiger charge is -2.39. The third-order valence-corrected chi connectivity index (χ3v) is 7.05. The zero-order valence-electron chi connectivity index (χ0n) is 17.8. The largest absolute Gasteiger partial charge is 0.344 e. The Hall–Kier alpha value is -1.80. The molecule has 2 aromatic rings. The highest BCUT2D eigenvalue weighted by atomic mass is 14.9. The Morgan fingerprint density at radius 3 is 2.48 bits per heavy atom. The molecule has 1 aromatic carbocycles. The van der Waals surface area contributed by atoms with Crippen molar-refractivity contribution >= 4 is 23.1 Å². The van der Waals surface area contributed by atoms with Crippen molar-refractivity contribution in [1.29, 1.82) is 0 Å². The van der Waals surface area contributed by atoms with Gasteiger partial charge in [-0.1, -0.05) is 63.8 Å². The smallest absolute Gasteiger partial charge is 0.0488 e. The molecule has 0 saturated heterocycles. The van der Waals surface area contributed by atoms with Crippen LogP contribution in [0.2, 0.25) is 0 Å². The molecule has 0 aliphatic heterocycles. The molecule has 1 aliphatic rings. The summed E-state index contributed by atoms with van der Waals surface area (Å²) in [6.45, 7) is 11.2. The second-order valence-corrected chi connectivity index (χ2v) is 8.93. The van der Waals surface area contributed by atoms with Crippen LogP contribution in [0.1, 0.15) is 46.5 Å². The number of hydrogen-bond donors (Lipinski definition) is 1. The third kappa shape index (κ3) is 3.91. The molecule has 1 saturated carbocycles. The van der Waals surface area contributed by atoms with Crippen molar-refractivity contribution in [2.45, 2.75) is 52.5 Å². The number of benzene rings is 1. The summed E-state index contributed by atoms with van der Waals surface area (Å²) in [5, 5.41) is 7.38. The lowest BCUT2D eigenvalue weighted by atomic mass is 9.67. The van der Waals surface area contributed by atoms with E-state index in [1.165, 1.54) is 47.2 Å². The number of aryl methyl sites for hydroxylation is 1. The zero-order valence-corrected chi connectivity index (χ0v) is 17.8. The molecule has 1 aliphatic carbocycles. The number of allylic oxidation sites excluding steroid dienone is 1. The Bertz CT molecular complexity index is 908. The quantitative estimate of drug-likeness (QED) is 0.834. The van der Waals surface area contributed by atoms with Crippen LogP contribution in [-0.4, -0.2) is 17.7 Å². The molecule has 1 fully saturated rings. The fraction of sp³-hybridized carbons (Fsp3) is 0.520. The number of nitrogens with zero attached hydrogens (tertiary/aromatic N) is 1. The Morgan fingerprint density at radius 1 is 1.19 bits per heavy atom. The summed E-state index contributed by atoms with van der Waals surface area (Å²) in [6.07, 6.45) is 11.9. The van der Waals surface area contributed by atoms with Crippen molar-refractivity contribution in [3.63, 3.8) is 0 Å². The topological polar surface area (TPSA) is 17.0 Å². The molecule has 27 heavy (non-hydrogen) atoms. The molecule has 1 unspecified atom stereocenters. The minimum absolute atomic E-state index is 0.142. The van der Waals surface area contributed by atoms with E-state index in [0.717, 1.165) is 5.92 Å². The highest BCUT2D eigenvalue weighted by molar-refractivity contribution is 5.82. The van der Waals surface area contributed by atoms with Gasteiger partial charge in [0.2, 0.25) is 0 Å². The van der Waals surface area contributed by atoms with Crippen LogP contribution in [0.25, 0.3) is 23.1 Å². The van der Waals surface area contributed by atoms with E-state index in [2.05, 4.69) is 87.7 Å². The average Bonchev–Trinajstić information content (AvgIpc) is 2.93. The minimum Gasteiger partial charge on any atom is -0.344 e. The van der Waals surface area contributed by atoms with Gasteiger partial charge in [0, 0.05) is 34.6 Å². The predicted octanol–water partition coefficient (Wildman–Crippen LogP) is 4.37. The van der Waals surface area contributed by atoms with Crippen LogP contribution in [0.4, 0.5) is 0 Å². The van der Waals surface area contributed by atoms with E-state index in [4.69, 9.17) is 0 Å². The molecule has 0 bridgehead atoms. The fourth-order valence-corrected chi connectivity index (χ4v) is 4.91. The third-order valence-electron chi connectivity index (χ3n) is 7.05. The number of aromatic nitrogens is 1. The first kappa shape index (κ1) is 19.9. The normalized spacial score (nSPS) is 23.7. The van der Waals surface area contributed by atoms with Gasteiger partial charge in [0.15, 0.2) is 0 Å². The Labute approximate surface area is 164 Å². The van der Waals surface area contributed by atoms with Gasteiger partial charge in [0.05, 0.1) is 0 Å². The van der Waals surface area contributed by atoms with E-state index in [0.29, 0.717) is 12.0 Å². The summed E-state index contributed by atoms with van der Waals surface area (Å²) >= 11 is 0. The van der Waals surface area contributed by atoms with Crippen molar-refractivity contribution in [3.05, 3.63) is 47.5 Å². The molecule has 2 nitrogen and oxygen atoms in total. The van der Waals surface area contributed by atoms with Crippen molar-refractivity contribution in [1.82, 2.24) is 9.88 Å². The Morgan fingerprint density at radius 2 is 1.85 bits per heavy atom. The van der Waals surface area contributed by atoms with E-state index in [-0.39, 0.29) is 5.41 Å². The second-order valence-electron chi connectivity index (χ2n) is 8.93. The number of rotatable bonds is 5. The Balaban J connectivity index is 2.02. The number of para-hydroxylation sites is 1. The van der Waals surface area contributed by atoms with Crippen LogP contribution in [0.3, 0.4) is 0 Å². The van der Waals surface area contributed by atoms with Gasteiger partial charge in [-0.15, -0.1) is 0 Å². The molecule has 1 atom stereocenters. The van der Waals surface area contributed by atoms with Gasteiger partial charge in [-0.05, 0) is 56.0 Å². The number of hydrogen-bond acceptors (Lipinski definition) is 1. The molecule has 1 aromatic heterocycles. The lowest BCUT2D eigenvalue weighted by molar-refractivity contribution is 0.161. The fourth-order valence-electron chi connectivity index (χ4n) is 4.91. The molecule has 0 amide bonds. The molecule has 146 valence electrons. The van der Waals surface area contributed by atoms with Crippen LogP contribution in [0, 0.1) is 17.3 Å². The summed E-state index contributed by atoms with van der Waals surface area (Å²) in [4.78, 5) is 0. The molecule has 1 N–H and O–H groups in total. The van der Waals surface area contributed by atoms with Gasteiger partial charge in [-0.25, -0.2) is 0 Å². The van der Waals surface area contributed by atoms with Gasteiger partial charge >= 0.3 is 0 Å². The van der Waals surface area contributed by atoms with Gasteiger partial charge in [-0.3, -0.25) is 0 Å². The standard InChI is InChI=1S/C25H36N2/c1-7-10-21-22-11-8-9-12-23(22)27(6)24(21)17-25(3,4)18(2)19-13-15-20(26-5)16-14-19/h7-12,17-20,26H,1,13-16H2,2-6H3/b21-10-,24-17+. The molecule has 2 heteroatoms. The highest BCUT2D eigenvalue weighted by Gasteiger charge is 2.33. The van der Waals surface area contributed by atoms with Gasteiger partial charge in [-0.2, -0.15) is 0 Å². The second kappa shape index (κ2) is 8.06. The molecular formula is C25H36N2. The Kier molecular flexibility index (Phi) is 5.95. The van der Waals surface area contributed by atoms with Crippen LogP contribution in [0.15, 0.2) is 36.9 Å². The average molecular weight is 365 g/mol. The molecule has 0 radical (unpaired) electrons. The van der Waals surface area contributed by atoms with E-state index < -0.39 is 0 Å². The van der Waals surface area contributed by atoms with Crippen molar-refractivity contribution in [2.24, 2.45) is 24.3 Å². The minimum atomic E-state index is 0.142. The lowest BCUT2D eigenvalue weighted by Crippen LogP contribution is -2.37. The van der Waals surface area contributed by atoms with Crippen molar-refractivity contribution in [3.8, 4) is 0 Å². The summed E-state index contributed by atoms with van der Waals surface area (Å²) in [5.41, 5.74) is 1.43. The van der Waals surface area contributed by atoms with Gasteiger partial charge in [0.25, 0.3) is 0 Å². The highest BCUT2D eigenvalue weighted by Crippen LogP contribution is 2.40. The first-order valence-corrected chi connectivity index (χ1v) is 10.5. The van der Waals surface area contributed by atoms with E-state index in [9.17, 15) is 0 Å². The van der Waals surface area contributed by atoms with E-state index >= 15 is 0 Å². The summed E-state index contributed by atoms with van der Waals surface area (Å²) in [5.74, 6) is 1.47. The van der Waals surface area contributed by atoms with Gasteiger partial charge < -0.3 is 9.88 Å². The SMILES string of the molecule is C=C/C=c1\c(=C/C(C)(C)C(C)C2CCC(NC)CC2)n(C)c2ccccc12.